The molecule has 0 aromatic carbocycles. The fourth-order valence-corrected chi connectivity index (χ4v) is 0.662. The van der Waals surface area contributed by atoms with Gasteiger partial charge in [-0.25, -0.2) is 0 Å². The molecule has 4 heteroatoms. The number of hydrogen-bond donors (Lipinski definition) is 3. The maximum Gasteiger partial charge on any atom is 0.279 e. The molecule has 11 heavy (non-hydrogen) atoms. The van der Waals surface area contributed by atoms with E-state index < -0.39 is 4.75 Å². The fraction of sp³-hybridized carbons (Fsp3) is 0.714. The lowest BCUT2D eigenvalue weighted by Gasteiger charge is -2.21. The van der Waals surface area contributed by atoms with E-state index in [0.717, 1.165) is 0 Å². The molecule has 64 valence electrons. The van der Waals surface area contributed by atoms with E-state index in [9.17, 15) is 4.79 Å². The van der Waals surface area contributed by atoms with Gasteiger partial charge in [0.15, 0.2) is 6.04 Å². The first kappa shape index (κ1) is 10.8. The van der Waals surface area contributed by atoms with E-state index in [-0.39, 0.29) is 18.5 Å². The van der Waals surface area contributed by atoms with Gasteiger partial charge in [0.05, 0.1) is 4.75 Å². The molecule has 1 amide bonds. The highest BCUT2D eigenvalue weighted by Gasteiger charge is 2.31. The van der Waals surface area contributed by atoms with Crippen LogP contribution in [0.15, 0.2) is 0 Å². The van der Waals surface area contributed by atoms with Gasteiger partial charge in [0.25, 0.3) is 5.91 Å². The second-order valence-electron chi connectivity index (χ2n) is 2.95. The van der Waals surface area contributed by atoms with Gasteiger partial charge >= 0.3 is 0 Å². The van der Waals surface area contributed by atoms with Crippen molar-refractivity contribution < 1.29 is 10.5 Å². The molecule has 1 unspecified atom stereocenters. The van der Waals surface area contributed by atoms with Gasteiger partial charge in [-0.05, 0) is 20.8 Å². The Labute approximate surface area is 73.1 Å². The number of carbonyl (C=O) groups is 1. The second-order valence-corrected chi connectivity index (χ2v) is 4.10. The third kappa shape index (κ3) is 3.62. The Balaban J connectivity index is 4.03. The first-order valence-corrected chi connectivity index (χ1v) is 3.87. The van der Waals surface area contributed by atoms with Crippen molar-refractivity contribution in [1.82, 2.24) is 5.32 Å². The average molecular weight is 175 g/mol. The zero-order valence-corrected chi connectivity index (χ0v) is 7.82. The molecule has 3 nitrogen and oxygen atoms in total. The molecule has 0 aliphatic carbocycles. The van der Waals surface area contributed by atoms with E-state index in [4.69, 9.17) is 6.92 Å². The second kappa shape index (κ2) is 3.97. The fourth-order valence-electron chi connectivity index (χ4n) is 0.545. The van der Waals surface area contributed by atoms with Crippen molar-refractivity contribution in [3.63, 3.8) is 0 Å². The average Bonchev–Trinajstić information content (AvgIpc) is 1.85. The summed E-state index contributed by atoms with van der Waals surface area (Å²) in [5, 5.41) is 2.48. The number of hydrogen-bond acceptors (Lipinski definition) is 2. The van der Waals surface area contributed by atoms with Crippen LogP contribution in [-0.4, -0.2) is 23.2 Å². The predicted molar refractivity (Wildman–Crippen MR) is 47.1 cm³/mol. The lowest BCUT2D eigenvalue weighted by molar-refractivity contribution is -0.409. The molecular formula is C7H15N2OS+. The Morgan fingerprint density at radius 3 is 2.55 bits per heavy atom. The van der Waals surface area contributed by atoms with Gasteiger partial charge in [-0.15, -0.1) is 0 Å². The molecule has 0 rings (SSSR count). The van der Waals surface area contributed by atoms with Crippen LogP contribution >= 0.6 is 12.6 Å². The number of carbonyl (C=O) groups excluding carboxylic acids is 1. The maximum absolute atomic E-state index is 11.1. The van der Waals surface area contributed by atoms with Gasteiger partial charge in [-0.1, -0.05) is 0 Å². The number of thiol groups is 1. The van der Waals surface area contributed by atoms with E-state index in [0.29, 0.717) is 0 Å². The Morgan fingerprint density at radius 1 is 1.82 bits per heavy atom. The summed E-state index contributed by atoms with van der Waals surface area (Å²) < 4.78 is -0.404. The standard InChI is InChI=1S/C7H14N2OS/c1-4-9-6(10)5(8)7(2,3)11/h1,5,11H,4,8H2,2-3H3,(H,9,10)/p+1. The van der Waals surface area contributed by atoms with Crippen LogP contribution in [0.5, 0.6) is 0 Å². The Hall–Kier alpha value is -0.220. The van der Waals surface area contributed by atoms with Crippen LogP contribution in [0.4, 0.5) is 0 Å². The van der Waals surface area contributed by atoms with Crippen LogP contribution in [0.1, 0.15) is 13.8 Å². The van der Waals surface area contributed by atoms with E-state index in [2.05, 4.69) is 23.7 Å². The SMILES string of the molecule is [CH]CNC(=O)C([NH3+])C(C)(C)S. The van der Waals surface area contributed by atoms with Crippen molar-refractivity contribution in [3.05, 3.63) is 6.92 Å². The molecule has 0 bridgehead atoms. The minimum atomic E-state index is -0.404. The van der Waals surface area contributed by atoms with Crippen molar-refractivity contribution in [1.29, 1.82) is 0 Å². The van der Waals surface area contributed by atoms with Crippen LogP contribution in [0, 0.1) is 6.92 Å². The molecule has 0 aliphatic heterocycles. The Bertz CT molecular complexity index is 142. The molecule has 0 aliphatic rings. The summed E-state index contributed by atoms with van der Waals surface area (Å²) in [6.45, 7) is 8.95. The predicted octanol–water partition coefficient (Wildman–Crippen LogP) is -0.867. The molecule has 1 atom stereocenters. The lowest BCUT2D eigenvalue weighted by atomic mass is 10.0. The minimum Gasteiger partial charge on any atom is -0.351 e. The minimum absolute atomic E-state index is 0.148. The summed E-state index contributed by atoms with van der Waals surface area (Å²) >= 11 is 4.22. The molecule has 0 saturated carbocycles. The molecule has 0 heterocycles. The monoisotopic (exact) mass is 175 g/mol. The molecule has 0 spiro atoms. The van der Waals surface area contributed by atoms with Gasteiger partial charge in [-0.3, -0.25) is 4.79 Å². The van der Waals surface area contributed by atoms with E-state index >= 15 is 0 Å². The van der Waals surface area contributed by atoms with E-state index in [1.54, 1.807) is 0 Å². The largest absolute Gasteiger partial charge is 0.351 e. The molecular weight excluding hydrogens is 160 g/mol. The topological polar surface area (TPSA) is 56.7 Å². The van der Waals surface area contributed by atoms with Crippen molar-refractivity contribution >= 4 is 18.5 Å². The van der Waals surface area contributed by atoms with Crippen molar-refractivity contribution in [2.24, 2.45) is 0 Å². The highest BCUT2D eigenvalue weighted by atomic mass is 32.1. The van der Waals surface area contributed by atoms with Crippen molar-refractivity contribution in [3.8, 4) is 0 Å². The van der Waals surface area contributed by atoms with Crippen molar-refractivity contribution in [2.75, 3.05) is 6.54 Å². The zero-order valence-electron chi connectivity index (χ0n) is 6.92. The Kier molecular flexibility index (Phi) is 3.89. The third-order valence-corrected chi connectivity index (χ3v) is 1.76. The smallest absolute Gasteiger partial charge is 0.279 e. The van der Waals surface area contributed by atoms with Gasteiger partial charge in [0.2, 0.25) is 0 Å². The van der Waals surface area contributed by atoms with Crippen LogP contribution < -0.4 is 11.1 Å². The Morgan fingerprint density at radius 2 is 2.27 bits per heavy atom. The normalized spacial score (nSPS) is 14.3. The number of rotatable bonds is 3. The van der Waals surface area contributed by atoms with Crippen LogP contribution in [-0.2, 0) is 4.79 Å². The van der Waals surface area contributed by atoms with Gasteiger partial charge in [-0.2, -0.15) is 12.6 Å². The zero-order chi connectivity index (χ0) is 9.07. The quantitative estimate of drug-likeness (QED) is 0.480. The van der Waals surface area contributed by atoms with E-state index in [1.807, 2.05) is 13.8 Å². The number of amides is 1. The van der Waals surface area contributed by atoms with Gasteiger partial charge in [0, 0.05) is 6.54 Å². The third-order valence-electron chi connectivity index (χ3n) is 1.45. The number of quaternary nitrogens is 1. The van der Waals surface area contributed by atoms with Crippen LogP contribution in [0.3, 0.4) is 0 Å². The lowest BCUT2D eigenvalue weighted by Crippen LogP contribution is -2.74. The van der Waals surface area contributed by atoms with Crippen LogP contribution in [0.25, 0.3) is 0 Å². The first-order chi connectivity index (χ1) is 4.89. The van der Waals surface area contributed by atoms with Gasteiger partial charge in [0.1, 0.15) is 0 Å². The highest BCUT2D eigenvalue weighted by molar-refractivity contribution is 7.81. The summed E-state index contributed by atoms with van der Waals surface area (Å²) in [7, 11) is 0. The first-order valence-electron chi connectivity index (χ1n) is 3.43. The highest BCUT2D eigenvalue weighted by Crippen LogP contribution is 2.14. The number of nitrogens with one attached hydrogen (secondary N) is 1. The summed E-state index contributed by atoms with van der Waals surface area (Å²) in [6.07, 6.45) is 0. The summed E-state index contributed by atoms with van der Waals surface area (Å²) in [5.74, 6) is -0.160. The molecule has 0 aromatic rings. The van der Waals surface area contributed by atoms with Gasteiger partial charge < -0.3 is 11.1 Å². The van der Waals surface area contributed by atoms with Crippen LogP contribution in [0.2, 0.25) is 0 Å². The van der Waals surface area contributed by atoms with E-state index in [1.165, 1.54) is 0 Å². The molecule has 4 N–H and O–H groups in total. The molecule has 0 saturated heterocycles. The maximum atomic E-state index is 11.1. The molecule has 2 radical (unpaired) electrons. The summed E-state index contributed by atoms with van der Waals surface area (Å²) in [5.41, 5.74) is 3.68. The molecule has 0 fully saturated rings. The van der Waals surface area contributed by atoms with Crippen molar-refractivity contribution in [2.45, 2.75) is 24.6 Å². The summed E-state index contributed by atoms with van der Waals surface area (Å²) in [4.78, 5) is 11.1. The molecule has 0 aromatic heterocycles. The summed E-state index contributed by atoms with van der Waals surface area (Å²) in [6, 6.07) is -0.380.